The minimum atomic E-state index is -3.83. The van der Waals surface area contributed by atoms with Gasteiger partial charge in [-0.15, -0.1) is 0 Å². The van der Waals surface area contributed by atoms with E-state index in [4.69, 9.17) is 9.47 Å². The van der Waals surface area contributed by atoms with E-state index in [0.717, 1.165) is 12.0 Å². The van der Waals surface area contributed by atoms with Crippen LogP contribution in [0.4, 0.5) is 0 Å². The highest BCUT2D eigenvalue weighted by molar-refractivity contribution is 7.89. The van der Waals surface area contributed by atoms with Gasteiger partial charge in [-0.25, -0.2) is 8.42 Å². The molecule has 0 unspecified atom stereocenters. The first-order valence-corrected chi connectivity index (χ1v) is 10.7. The fraction of sp³-hybridized carbons (Fsp3) is 0.350. The van der Waals surface area contributed by atoms with Crippen molar-refractivity contribution in [3.8, 4) is 11.5 Å². The zero-order valence-corrected chi connectivity index (χ0v) is 16.2. The SMILES string of the molecule is O=C1CN(S(=O)(=O)c2ccc3c(c2)OCCCO3)C[C@H](Cc2ccccc2)N1. The molecule has 7 nitrogen and oxygen atoms in total. The molecular weight excluding hydrogens is 380 g/mol. The third-order valence-electron chi connectivity index (χ3n) is 4.79. The van der Waals surface area contributed by atoms with Crippen molar-refractivity contribution in [3.63, 3.8) is 0 Å². The summed E-state index contributed by atoms with van der Waals surface area (Å²) in [4.78, 5) is 12.3. The van der Waals surface area contributed by atoms with Gasteiger partial charge in [-0.2, -0.15) is 4.31 Å². The lowest BCUT2D eigenvalue weighted by atomic mass is 10.0. The average Bonchev–Trinajstić information content (AvgIpc) is 2.93. The molecule has 0 aliphatic carbocycles. The molecule has 2 aromatic carbocycles. The van der Waals surface area contributed by atoms with Gasteiger partial charge in [0.2, 0.25) is 15.9 Å². The Morgan fingerprint density at radius 1 is 1.04 bits per heavy atom. The van der Waals surface area contributed by atoms with Crippen LogP contribution in [-0.4, -0.2) is 51.0 Å². The lowest BCUT2D eigenvalue weighted by Gasteiger charge is -2.32. The number of carbonyl (C=O) groups excluding carboxylic acids is 1. The first-order chi connectivity index (χ1) is 13.5. The van der Waals surface area contributed by atoms with Gasteiger partial charge in [0.15, 0.2) is 11.5 Å². The van der Waals surface area contributed by atoms with Crippen molar-refractivity contribution < 1.29 is 22.7 Å². The zero-order valence-electron chi connectivity index (χ0n) is 15.3. The second-order valence-electron chi connectivity index (χ2n) is 6.91. The Labute approximate surface area is 164 Å². The number of piperazine rings is 1. The van der Waals surface area contributed by atoms with Crippen LogP contribution in [0.3, 0.4) is 0 Å². The Morgan fingerprint density at radius 2 is 1.79 bits per heavy atom. The van der Waals surface area contributed by atoms with Gasteiger partial charge in [0.1, 0.15) is 0 Å². The van der Waals surface area contributed by atoms with Gasteiger partial charge in [0, 0.05) is 25.1 Å². The quantitative estimate of drug-likeness (QED) is 0.839. The Balaban J connectivity index is 1.56. The smallest absolute Gasteiger partial charge is 0.243 e. The Hall–Kier alpha value is -2.58. The number of amides is 1. The minimum absolute atomic E-state index is 0.102. The van der Waals surface area contributed by atoms with Crippen LogP contribution in [0.15, 0.2) is 53.4 Å². The summed E-state index contributed by atoms with van der Waals surface area (Å²) in [6.45, 7) is 1.04. The van der Waals surface area contributed by atoms with Gasteiger partial charge >= 0.3 is 0 Å². The van der Waals surface area contributed by atoms with E-state index in [1.54, 1.807) is 6.07 Å². The predicted molar refractivity (Wildman–Crippen MR) is 103 cm³/mol. The van der Waals surface area contributed by atoms with Crippen LogP contribution in [0.5, 0.6) is 11.5 Å². The number of rotatable bonds is 4. The molecule has 0 bridgehead atoms. The second-order valence-corrected chi connectivity index (χ2v) is 8.85. The van der Waals surface area contributed by atoms with E-state index in [9.17, 15) is 13.2 Å². The number of sulfonamides is 1. The summed E-state index contributed by atoms with van der Waals surface area (Å²) < 4.78 is 38.7. The highest BCUT2D eigenvalue weighted by atomic mass is 32.2. The normalized spacial score (nSPS) is 20.3. The Morgan fingerprint density at radius 3 is 2.57 bits per heavy atom. The van der Waals surface area contributed by atoms with Crippen molar-refractivity contribution >= 4 is 15.9 Å². The summed E-state index contributed by atoms with van der Waals surface area (Å²) in [6, 6.07) is 14.0. The number of fused-ring (bicyclic) bond motifs is 1. The van der Waals surface area contributed by atoms with E-state index in [2.05, 4.69) is 5.32 Å². The number of benzene rings is 2. The third kappa shape index (κ3) is 3.98. The molecule has 2 aliphatic rings. The van der Waals surface area contributed by atoms with Crippen LogP contribution in [0.1, 0.15) is 12.0 Å². The van der Waals surface area contributed by atoms with Crippen LogP contribution in [0.2, 0.25) is 0 Å². The summed E-state index contributed by atoms with van der Waals surface area (Å²) in [6.07, 6.45) is 1.31. The molecule has 0 spiro atoms. The average molecular weight is 402 g/mol. The van der Waals surface area contributed by atoms with Crippen LogP contribution < -0.4 is 14.8 Å². The molecule has 1 saturated heterocycles. The molecule has 1 fully saturated rings. The molecule has 28 heavy (non-hydrogen) atoms. The van der Waals surface area contributed by atoms with Crippen molar-refractivity contribution in [3.05, 3.63) is 54.1 Å². The third-order valence-corrected chi connectivity index (χ3v) is 6.60. The summed E-state index contributed by atoms with van der Waals surface area (Å²) in [7, 11) is -3.83. The predicted octanol–water partition coefficient (Wildman–Crippen LogP) is 1.58. The van der Waals surface area contributed by atoms with Crippen molar-refractivity contribution in [2.45, 2.75) is 23.8 Å². The van der Waals surface area contributed by atoms with Crippen molar-refractivity contribution in [2.24, 2.45) is 0 Å². The zero-order chi connectivity index (χ0) is 19.6. The highest BCUT2D eigenvalue weighted by Crippen LogP contribution is 2.33. The van der Waals surface area contributed by atoms with E-state index < -0.39 is 10.0 Å². The number of hydrogen-bond donors (Lipinski definition) is 1. The van der Waals surface area contributed by atoms with Crippen LogP contribution in [-0.2, 0) is 21.2 Å². The summed E-state index contributed by atoms with van der Waals surface area (Å²) >= 11 is 0. The monoisotopic (exact) mass is 402 g/mol. The van der Waals surface area contributed by atoms with Gasteiger partial charge in [-0.1, -0.05) is 30.3 Å². The molecular formula is C20H22N2O5S. The number of ether oxygens (including phenoxy) is 2. The summed E-state index contributed by atoms with van der Waals surface area (Å²) in [5.74, 6) is 0.653. The Bertz CT molecular complexity index is 962. The number of nitrogens with zero attached hydrogens (tertiary/aromatic N) is 1. The number of carbonyl (C=O) groups is 1. The molecule has 1 amide bonds. The maximum absolute atomic E-state index is 13.2. The molecule has 2 aliphatic heterocycles. The standard InChI is InChI=1S/C20H22N2O5S/c23-20-14-22(13-16(21-20)11-15-5-2-1-3-6-15)28(24,25)17-7-8-18-19(12-17)27-10-4-9-26-18/h1-3,5-8,12,16H,4,9-11,13-14H2,(H,21,23)/t16-/m0/s1. The Kier molecular flexibility index (Phi) is 5.23. The van der Waals surface area contributed by atoms with Gasteiger partial charge in [-0.05, 0) is 24.1 Å². The van der Waals surface area contributed by atoms with Gasteiger partial charge < -0.3 is 14.8 Å². The van der Waals surface area contributed by atoms with Crippen molar-refractivity contribution in [1.29, 1.82) is 0 Å². The van der Waals surface area contributed by atoms with Crippen LogP contribution >= 0.6 is 0 Å². The van der Waals surface area contributed by atoms with E-state index in [1.165, 1.54) is 16.4 Å². The highest BCUT2D eigenvalue weighted by Gasteiger charge is 2.34. The van der Waals surface area contributed by atoms with E-state index in [1.807, 2.05) is 30.3 Å². The lowest BCUT2D eigenvalue weighted by molar-refractivity contribution is -0.123. The molecule has 0 saturated carbocycles. The maximum Gasteiger partial charge on any atom is 0.243 e. The first kappa shape index (κ1) is 18.8. The molecule has 1 N–H and O–H groups in total. The molecule has 0 radical (unpaired) electrons. The summed E-state index contributed by atoms with van der Waals surface area (Å²) in [5.41, 5.74) is 1.04. The van der Waals surface area contributed by atoms with E-state index in [0.29, 0.717) is 31.1 Å². The van der Waals surface area contributed by atoms with E-state index in [-0.39, 0.29) is 29.9 Å². The van der Waals surface area contributed by atoms with E-state index >= 15 is 0 Å². The molecule has 148 valence electrons. The maximum atomic E-state index is 13.2. The number of nitrogens with one attached hydrogen (secondary N) is 1. The topological polar surface area (TPSA) is 84.9 Å². The lowest BCUT2D eigenvalue weighted by Crippen LogP contribution is -2.56. The van der Waals surface area contributed by atoms with Gasteiger partial charge in [-0.3, -0.25) is 4.79 Å². The van der Waals surface area contributed by atoms with Gasteiger partial charge in [0.05, 0.1) is 24.7 Å². The molecule has 8 heteroatoms. The molecule has 0 aromatic heterocycles. The molecule has 4 rings (SSSR count). The van der Waals surface area contributed by atoms with Crippen LogP contribution in [0.25, 0.3) is 0 Å². The fourth-order valence-electron chi connectivity index (χ4n) is 3.44. The fourth-order valence-corrected chi connectivity index (χ4v) is 4.90. The van der Waals surface area contributed by atoms with Crippen molar-refractivity contribution in [1.82, 2.24) is 9.62 Å². The van der Waals surface area contributed by atoms with Crippen LogP contribution in [0, 0.1) is 0 Å². The molecule has 1 atom stereocenters. The second kappa shape index (κ2) is 7.81. The number of hydrogen-bond acceptors (Lipinski definition) is 5. The first-order valence-electron chi connectivity index (χ1n) is 9.25. The summed E-state index contributed by atoms with van der Waals surface area (Å²) in [5, 5.41) is 2.89. The van der Waals surface area contributed by atoms with Gasteiger partial charge in [0.25, 0.3) is 0 Å². The minimum Gasteiger partial charge on any atom is -0.490 e. The van der Waals surface area contributed by atoms with Crippen molar-refractivity contribution in [2.75, 3.05) is 26.3 Å². The molecule has 2 heterocycles. The molecule has 2 aromatic rings. The largest absolute Gasteiger partial charge is 0.490 e.